The van der Waals surface area contributed by atoms with Crippen molar-refractivity contribution >= 4 is 11.6 Å². The smallest absolute Gasteiger partial charge is 0.289 e. The average Bonchev–Trinajstić information content (AvgIpc) is 2.28. The zero-order chi connectivity index (χ0) is 12.8. The predicted octanol–water partition coefficient (Wildman–Crippen LogP) is 2.29. The molecule has 0 saturated heterocycles. The van der Waals surface area contributed by atoms with E-state index in [4.69, 9.17) is 6.42 Å². The van der Waals surface area contributed by atoms with Crippen LogP contribution in [0.15, 0.2) is 18.2 Å². The SMILES string of the molecule is C#CCN(C(=O)C#CC)c1c(C)cccc1C. The van der Waals surface area contributed by atoms with Crippen molar-refractivity contribution in [3.8, 4) is 24.2 Å². The lowest BCUT2D eigenvalue weighted by Crippen LogP contribution is -2.31. The maximum Gasteiger partial charge on any atom is 0.303 e. The van der Waals surface area contributed by atoms with Gasteiger partial charge in [0.25, 0.3) is 0 Å². The first-order valence-corrected chi connectivity index (χ1v) is 5.35. The number of rotatable bonds is 2. The highest BCUT2D eigenvalue weighted by molar-refractivity contribution is 6.06. The normalized spacial score (nSPS) is 8.82. The Balaban J connectivity index is 3.27. The van der Waals surface area contributed by atoms with Crippen molar-refractivity contribution in [1.29, 1.82) is 0 Å². The van der Waals surface area contributed by atoms with E-state index >= 15 is 0 Å². The molecular weight excluding hydrogens is 210 g/mol. The summed E-state index contributed by atoms with van der Waals surface area (Å²) in [6.45, 7) is 5.78. The maximum atomic E-state index is 11.9. The molecule has 1 rings (SSSR count). The fourth-order valence-corrected chi connectivity index (χ4v) is 1.75. The van der Waals surface area contributed by atoms with Gasteiger partial charge in [-0.25, -0.2) is 0 Å². The topological polar surface area (TPSA) is 20.3 Å². The number of benzene rings is 1. The molecule has 0 spiro atoms. The molecule has 17 heavy (non-hydrogen) atoms. The van der Waals surface area contributed by atoms with Gasteiger partial charge in [-0.15, -0.1) is 6.42 Å². The van der Waals surface area contributed by atoms with Gasteiger partial charge in [-0.05, 0) is 37.8 Å². The Morgan fingerprint density at radius 2 is 1.94 bits per heavy atom. The third-order valence-corrected chi connectivity index (χ3v) is 2.44. The molecule has 0 aliphatic carbocycles. The molecule has 0 bridgehead atoms. The van der Waals surface area contributed by atoms with Gasteiger partial charge < -0.3 is 0 Å². The number of carbonyl (C=O) groups is 1. The van der Waals surface area contributed by atoms with Gasteiger partial charge in [-0.1, -0.05) is 30.0 Å². The van der Waals surface area contributed by atoms with Crippen molar-refractivity contribution in [2.75, 3.05) is 11.4 Å². The summed E-state index contributed by atoms with van der Waals surface area (Å²) < 4.78 is 0. The predicted molar refractivity (Wildman–Crippen MR) is 70.6 cm³/mol. The number of para-hydroxylation sites is 1. The highest BCUT2D eigenvalue weighted by atomic mass is 16.2. The molecule has 1 amide bonds. The van der Waals surface area contributed by atoms with Crippen LogP contribution >= 0.6 is 0 Å². The Kier molecular flexibility index (Phi) is 4.37. The molecule has 0 aromatic heterocycles. The zero-order valence-corrected chi connectivity index (χ0v) is 10.4. The Morgan fingerprint density at radius 3 is 2.41 bits per heavy atom. The Bertz CT molecular complexity index is 506. The minimum absolute atomic E-state index is 0.235. The molecule has 2 nitrogen and oxygen atoms in total. The van der Waals surface area contributed by atoms with Crippen LogP contribution in [0.4, 0.5) is 5.69 Å². The summed E-state index contributed by atoms with van der Waals surface area (Å²) in [4.78, 5) is 13.4. The van der Waals surface area contributed by atoms with E-state index < -0.39 is 0 Å². The average molecular weight is 225 g/mol. The van der Waals surface area contributed by atoms with Gasteiger partial charge in [0.2, 0.25) is 0 Å². The van der Waals surface area contributed by atoms with Gasteiger partial charge in [0.05, 0.1) is 12.2 Å². The number of aryl methyl sites for hydroxylation is 2. The second-order valence-corrected chi connectivity index (χ2v) is 3.71. The molecule has 0 aliphatic heterocycles. The number of amides is 1. The third-order valence-electron chi connectivity index (χ3n) is 2.44. The summed E-state index contributed by atoms with van der Waals surface area (Å²) in [5, 5.41) is 0. The molecule has 86 valence electrons. The fraction of sp³-hybridized carbons (Fsp3) is 0.267. The van der Waals surface area contributed by atoms with Crippen LogP contribution in [-0.2, 0) is 4.79 Å². The van der Waals surface area contributed by atoms with Crippen LogP contribution in [-0.4, -0.2) is 12.5 Å². The second kappa shape index (κ2) is 5.77. The lowest BCUT2D eigenvalue weighted by molar-refractivity contribution is -0.113. The van der Waals surface area contributed by atoms with Crippen molar-refractivity contribution in [3.05, 3.63) is 29.3 Å². The fourth-order valence-electron chi connectivity index (χ4n) is 1.75. The highest BCUT2D eigenvalue weighted by Gasteiger charge is 2.16. The summed E-state index contributed by atoms with van der Waals surface area (Å²) in [6.07, 6.45) is 5.31. The standard InChI is InChI=1S/C15H15NO/c1-5-8-14(17)16(11-6-2)15-12(3)9-7-10-13(15)4/h2,7,9-10H,11H2,1,3-4H3. The molecule has 2 heteroatoms. The van der Waals surface area contributed by atoms with Crippen LogP contribution < -0.4 is 4.90 Å². The van der Waals surface area contributed by atoms with Crippen molar-refractivity contribution < 1.29 is 4.79 Å². The van der Waals surface area contributed by atoms with Crippen molar-refractivity contribution in [3.63, 3.8) is 0 Å². The van der Waals surface area contributed by atoms with Gasteiger partial charge >= 0.3 is 5.91 Å². The first-order valence-electron chi connectivity index (χ1n) is 5.35. The second-order valence-electron chi connectivity index (χ2n) is 3.71. The van der Waals surface area contributed by atoms with Gasteiger partial charge in [0, 0.05) is 0 Å². The summed E-state index contributed by atoms with van der Waals surface area (Å²) >= 11 is 0. The maximum absolute atomic E-state index is 11.9. The van der Waals surface area contributed by atoms with Crippen LogP contribution in [0.2, 0.25) is 0 Å². The monoisotopic (exact) mass is 225 g/mol. The van der Waals surface area contributed by atoms with E-state index in [1.54, 1.807) is 11.8 Å². The van der Waals surface area contributed by atoms with E-state index in [1.807, 2.05) is 32.0 Å². The number of carbonyl (C=O) groups excluding carboxylic acids is 1. The van der Waals surface area contributed by atoms with E-state index in [9.17, 15) is 4.79 Å². The Hall–Kier alpha value is -2.19. The molecule has 0 N–H and O–H groups in total. The summed E-state index contributed by atoms with van der Waals surface area (Å²) in [7, 11) is 0. The molecular formula is C15H15NO. The number of hydrogen-bond acceptors (Lipinski definition) is 1. The summed E-state index contributed by atoms with van der Waals surface area (Å²) in [6, 6.07) is 5.87. The third kappa shape index (κ3) is 2.89. The molecule has 1 aromatic carbocycles. The van der Waals surface area contributed by atoms with Crippen LogP contribution in [0.5, 0.6) is 0 Å². The van der Waals surface area contributed by atoms with Crippen LogP contribution in [0.25, 0.3) is 0 Å². The first kappa shape index (κ1) is 12.9. The van der Waals surface area contributed by atoms with E-state index in [1.165, 1.54) is 0 Å². The number of hydrogen-bond donors (Lipinski definition) is 0. The minimum atomic E-state index is -0.261. The molecule has 0 atom stereocenters. The van der Waals surface area contributed by atoms with Crippen LogP contribution in [0, 0.1) is 38.0 Å². The van der Waals surface area contributed by atoms with E-state index in [0.29, 0.717) is 0 Å². The number of terminal acetylenes is 1. The molecule has 1 aromatic rings. The lowest BCUT2D eigenvalue weighted by atomic mass is 10.1. The largest absolute Gasteiger partial charge is 0.303 e. The van der Waals surface area contributed by atoms with E-state index in [-0.39, 0.29) is 12.5 Å². The Labute approximate surface area is 103 Å². The van der Waals surface area contributed by atoms with Crippen molar-refractivity contribution in [1.82, 2.24) is 0 Å². The van der Waals surface area contributed by atoms with Gasteiger partial charge in [-0.2, -0.15) is 0 Å². The van der Waals surface area contributed by atoms with Crippen LogP contribution in [0.3, 0.4) is 0 Å². The zero-order valence-electron chi connectivity index (χ0n) is 10.4. The minimum Gasteiger partial charge on any atom is -0.289 e. The summed E-state index contributed by atoms with van der Waals surface area (Å²) in [5.41, 5.74) is 2.90. The number of nitrogens with zero attached hydrogens (tertiary/aromatic N) is 1. The number of anilines is 1. The molecule has 0 aliphatic rings. The lowest BCUT2D eigenvalue weighted by Gasteiger charge is -2.22. The molecule has 0 unspecified atom stereocenters. The first-order chi connectivity index (χ1) is 8.11. The molecule has 0 saturated carbocycles. The van der Waals surface area contributed by atoms with Crippen molar-refractivity contribution in [2.24, 2.45) is 0 Å². The van der Waals surface area contributed by atoms with E-state index in [2.05, 4.69) is 17.8 Å². The molecule has 0 fully saturated rings. The van der Waals surface area contributed by atoms with Gasteiger partial charge in [0.15, 0.2) is 0 Å². The van der Waals surface area contributed by atoms with Gasteiger partial charge in [0.1, 0.15) is 0 Å². The van der Waals surface area contributed by atoms with Crippen LogP contribution in [0.1, 0.15) is 18.1 Å². The Morgan fingerprint density at radius 1 is 1.35 bits per heavy atom. The highest BCUT2D eigenvalue weighted by Crippen LogP contribution is 2.24. The molecule has 0 radical (unpaired) electrons. The van der Waals surface area contributed by atoms with Crippen molar-refractivity contribution in [2.45, 2.75) is 20.8 Å². The molecule has 0 heterocycles. The van der Waals surface area contributed by atoms with Gasteiger partial charge in [-0.3, -0.25) is 9.69 Å². The summed E-state index contributed by atoms with van der Waals surface area (Å²) in [5.74, 6) is 7.37. The quantitative estimate of drug-likeness (QED) is 0.707. The van der Waals surface area contributed by atoms with E-state index in [0.717, 1.165) is 16.8 Å².